The maximum Gasteiger partial charge on any atom is 0.306 e. The van der Waals surface area contributed by atoms with Gasteiger partial charge < -0.3 is 18.9 Å². The van der Waals surface area contributed by atoms with E-state index in [0.29, 0.717) is 22.6 Å². The lowest BCUT2D eigenvalue weighted by Gasteiger charge is -2.05. The Kier molecular flexibility index (Phi) is 5.99. The third-order valence-electron chi connectivity index (χ3n) is 4.76. The number of nitrogens with zero attached hydrogens (tertiary/aromatic N) is 2. The van der Waals surface area contributed by atoms with Crippen molar-refractivity contribution >= 4 is 28.5 Å². The van der Waals surface area contributed by atoms with Gasteiger partial charge in [0.15, 0.2) is 18.3 Å². The smallest absolute Gasteiger partial charge is 0.306 e. The average Bonchev–Trinajstić information content (AvgIpc) is 3.42. The van der Waals surface area contributed by atoms with Crippen molar-refractivity contribution in [1.82, 2.24) is 4.98 Å². The number of esters is 1. The van der Waals surface area contributed by atoms with Gasteiger partial charge in [0.2, 0.25) is 5.76 Å². The molecule has 1 N–H and O–H groups in total. The monoisotopic (exact) mass is 429 g/mol. The molecule has 1 amide bonds. The first-order valence-electron chi connectivity index (χ1n) is 9.92. The number of benzene rings is 2. The Morgan fingerprint density at radius 3 is 2.69 bits per heavy atom. The second-order valence-corrected chi connectivity index (χ2v) is 7.11. The molecule has 0 saturated heterocycles. The van der Waals surface area contributed by atoms with Gasteiger partial charge in [-0.1, -0.05) is 42.0 Å². The number of para-hydroxylation sites is 1. The molecule has 0 bridgehead atoms. The number of carbonyl (C=O) groups is 2. The van der Waals surface area contributed by atoms with Crippen LogP contribution in [0.5, 0.6) is 0 Å². The van der Waals surface area contributed by atoms with Crippen LogP contribution in [0, 0.1) is 18.3 Å². The zero-order chi connectivity index (χ0) is 22.5. The highest BCUT2D eigenvalue weighted by molar-refractivity contribution is 6.03. The molecule has 0 spiro atoms. The Morgan fingerprint density at radius 2 is 1.91 bits per heavy atom. The van der Waals surface area contributed by atoms with E-state index in [-0.39, 0.29) is 24.3 Å². The number of amides is 1. The highest BCUT2D eigenvalue weighted by Gasteiger charge is 2.17. The second-order valence-electron chi connectivity index (χ2n) is 7.11. The number of oxazole rings is 1. The SMILES string of the molecule is Cc1ccc(-c2cnc(CCC(=O)OCC(=O)Nc3c(C#N)oc4ccccc34)o2)cc1. The van der Waals surface area contributed by atoms with Gasteiger partial charge in [0, 0.05) is 17.4 Å². The average molecular weight is 429 g/mol. The lowest BCUT2D eigenvalue weighted by Crippen LogP contribution is -2.21. The van der Waals surface area contributed by atoms with Crippen molar-refractivity contribution in [2.75, 3.05) is 11.9 Å². The van der Waals surface area contributed by atoms with Gasteiger partial charge in [-0.2, -0.15) is 5.26 Å². The lowest BCUT2D eigenvalue weighted by atomic mass is 10.1. The Morgan fingerprint density at radius 1 is 1.12 bits per heavy atom. The fraction of sp³-hybridized carbons (Fsp3) is 0.167. The van der Waals surface area contributed by atoms with Crippen molar-refractivity contribution in [3.63, 3.8) is 0 Å². The van der Waals surface area contributed by atoms with Crippen molar-refractivity contribution in [3.8, 4) is 17.4 Å². The largest absolute Gasteiger partial charge is 0.456 e. The molecule has 32 heavy (non-hydrogen) atoms. The minimum Gasteiger partial charge on any atom is -0.456 e. The van der Waals surface area contributed by atoms with Crippen molar-refractivity contribution in [3.05, 3.63) is 71.9 Å². The van der Waals surface area contributed by atoms with Crippen LogP contribution in [0.1, 0.15) is 23.6 Å². The second kappa shape index (κ2) is 9.18. The molecule has 0 fully saturated rings. The minimum atomic E-state index is -0.570. The number of ether oxygens (including phenoxy) is 1. The van der Waals surface area contributed by atoms with Crippen molar-refractivity contribution in [2.24, 2.45) is 0 Å². The highest BCUT2D eigenvalue weighted by atomic mass is 16.5. The summed E-state index contributed by atoms with van der Waals surface area (Å²) >= 11 is 0. The van der Waals surface area contributed by atoms with Gasteiger partial charge in [0.05, 0.1) is 12.6 Å². The number of aromatic nitrogens is 1. The molecule has 2 heterocycles. The molecule has 0 aliphatic carbocycles. The van der Waals surface area contributed by atoms with Crippen LogP contribution < -0.4 is 5.32 Å². The van der Waals surface area contributed by atoms with E-state index in [4.69, 9.17) is 13.6 Å². The van der Waals surface area contributed by atoms with Crippen LogP contribution in [-0.4, -0.2) is 23.5 Å². The van der Waals surface area contributed by atoms with Crippen molar-refractivity contribution in [2.45, 2.75) is 19.8 Å². The summed E-state index contributed by atoms with van der Waals surface area (Å²) in [6, 6.07) is 16.7. The number of furan rings is 1. The predicted octanol–water partition coefficient (Wildman–Crippen LogP) is 4.38. The van der Waals surface area contributed by atoms with Gasteiger partial charge in [-0.15, -0.1) is 0 Å². The maximum atomic E-state index is 12.2. The number of carbonyl (C=O) groups excluding carboxylic acids is 2. The molecule has 8 nitrogen and oxygen atoms in total. The number of rotatable bonds is 7. The third-order valence-corrected chi connectivity index (χ3v) is 4.76. The molecule has 2 aromatic heterocycles. The molecule has 8 heteroatoms. The van der Waals surface area contributed by atoms with Gasteiger partial charge >= 0.3 is 5.97 Å². The van der Waals surface area contributed by atoms with Gasteiger partial charge in [0.25, 0.3) is 5.91 Å². The molecule has 2 aromatic carbocycles. The summed E-state index contributed by atoms with van der Waals surface area (Å²) in [6.45, 7) is 1.52. The summed E-state index contributed by atoms with van der Waals surface area (Å²) in [4.78, 5) is 28.4. The quantitative estimate of drug-likeness (QED) is 0.433. The number of nitrogens with one attached hydrogen (secondary N) is 1. The Hall–Kier alpha value is -4.38. The van der Waals surface area contributed by atoms with Crippen LogP contribution in [-0.2, 0) is 20.7 Å². The highest BCUT2D eigenvalue weighted by Crippen LogP contribution is 2.30. The Bertz CT molecular complexity index is 1310. The fourth-order valence-electron chi connectivity index (χ4n) is 3.13. The molecular weight excluding hydrogens is 410 g/mol. The van der Waals surface area contributed by atoms with Gasteiger partial charge in [-0.3, -0.25) is 9.59 Å². The van der Waals surface area contributed by atoms with E-state index in [0.717, 1.165) is 11.1 Å². The first-order valence-corrected chi connectivity index (χ1v) is 9.92. The zero-order valence-corrected chi connectivity index (χ0v) is 17.3. The molecule has 4 aromatic rings. The first kappa shape index (κ1) is 20.9. The van der Waals surface area contributed by atoms with Gasteiger partial charge in [-0.05, 0) is 19.1 Å². The van der Waals surface area contributed by atoms with Crippen molar-refractivity contribution in [1.29, 1.82) is 5.26 Å². The molecule has 0 aliphatic heterocycles. The van der Waals surface area contributed by atoms with E-state index in [2.05, 4.69) is 10.3 Å². The number of aryl methyl sites for hydroxylation is 2. The topological polar surface area (TPSA) is 118 Å². The van der Waals surface area contributed by atoms with Crippen LogP contribution in [0.4, 0.5) is 5.69 Å². The summed E-state index contributed by atoms with van der Waals surface area (Å²) in [5.74, 6) is -0.120. The number of fused-ring (bicyclic) bond motifs is 1. The number of anilines is 1. The summed E-state index contributed by atoms with van der Waals surface area (Å²) in [6.07, 6.45) is 1.87. The molecule has 160 valence electrons. The van der Waals surface area contributed by atoms with E-state index in [1.165, 1.54) is 0 Å². The summed E-state index contributed by atoms with van der Waals surface area (Å²) in [5.41, 5.74) is 2.78. The fourth-order valence-corrected chi connectivity index (χ4v) is 3.13. The first-order chi connectivity index (χ1) is 15.5. The molecular formula is C24H19N3O5. The van der Waals surface area contributed by atoms with E-state index in [1.807, 2.05) is 37.3 Å². The Balaban J connectivity index is 1.28. The van der Waals surface area contributed by atoms with Crippen LogP contribution in [0.15, 0.2) is 63.6 Å². The normalized spacial score (nSPS) is 10.6. The van der Waals surface area contributed by atoms with E-state index in [9.17, 15) is 14.9 Å². The van der Waals surface area contributed by atoms with Gasteiger partial charge in [-0.25, -0.2) is 4.98 Å². The van der Waals surface area contributed by atoms with E-state index in [1.54, 1.807) is 30.5 Å². The van der Waals surface area contributed by atoms with Crippen LogP contribution in [0.2, 0.25) is 0 Å². The van der Waals surface area contributed by atoms with E-state index < -0.39 is 18.5 Å². The zero-order valence-electron chi connectivity index (χ0n) is 17.3. The summed E-state index contributed by atoms with van der Waals surface area (Å²) in [5, 5.41) is 12.4. The minimum absolute atomic E-state index is 0.0131. The standard InChI is InChI=1S/C24H19N3O5/c1-15-6-8-16(9-7-15)20-13-26-22(32-20)10-11-23(29)30-14-21(28)27-24-17-4-2-3-5-18(17)31-19(24)12-25/h2-9,13H,10-11,14H2,1H3,(H,27,28). The van der Waals surface area contributed by atoms with Gasteiger partial charge in [0.1, 0.15) is 17.3 Å². The van der Waals surface area contributed by atoms with E-state index >= 15 is 0 Å². The third kappa shape index (κ3) is 4.68. The van der Waals surface area contributed by atoms with Crippen LogP contribution in [0.3, 0.4) is 0 Å². The maximum absolute atomic E-state index is 12.2. The molecule has 0 radical (unpaired) electrons. The predicted molar refractivity (Wildman–Crippen MR) is 116 cm³/mol. The molecule has 4 rings (SSSR count). The number of hydrogen-bond donors (Lipinski definition) is 1. The summed E-state index contributed by atoms with van der Waals surface area (Å²) in [7, 11) is 0. The summed E-state index contributed by atoms with van der Waals surface area (Å²) < 4.78 is 16.1. The molecule has 0 aliphatic rings. The Labute approximate surface area is 183 Å². The van der Waals surface area contributed by atoms with Crippen LogP contribution >= 0.6 is 0 Å². The van der Waals surface area contributed by atoms with Crippen LogP contribution in [0.25, 0.3) is 22.3 Å². The lowest BCUT2D eigenvalue weighted by molar-refractivity contribution is -0.147. The number of nitriles is 1. The number of hydrogen-bond acceptors (Lipinski definition) is 7. The molecule has 0 saturated carbocycles. The van der Waals surface area contributed by atoms with Crippen molar-refractivity contribution < 1.29 is 23.2 Å². The molecule has 0 unspecified atom stereocenters. The molecule has 0 atom stereocenters.